The molecule has 6 nitrogen and oxygen atoms in total. The quantitative estimate of drug-likeness (QED) is 0.106. The van der Waals surface area contributed by atoms with Crippen LogP contribution in [0.2, 0.25) is 0 Å². The third-order valence-corrected chi connectivity index (χ3v) is 20.0. The van der Waals surface area contributed by atoms with Gasteiger partial charge < -0.3 is 28.6 Å². The van der Waals surface area contributed by atoms with Crippen molar-refractivity contribution in [3.8, 4) is 5.69 Å². The summed E-state index contributed by atoms with van der Waals surface area (Å²) in [6.45, 7) is 13.6. The molecule has 0 spiro atoms. The van der Waals surface area contributed by atoms with E-state index < -0.39 is 0 Å². The molecule has 7 heteroatoms. The summed E-state index contributed by atoms with van der Waals surface area (Å²) in [5, 5.41) is 9.40. The predicted molar refractivity (Wildman–Crippen MR) is 404 cm³/mol. The number of anilines is 12. The van der Waals surface area contributed by atoms with Gasteiger partial charge in [-0.25, -0.2) is 0 Å². The summed E-state index contributed by atoms with van der Waals surface area (Å²) in [4.78, 5) is 10.1. The number of rotatable bonds is 9. The molecule has 0 saturated carbocycles. The van der Waals surface area contributed by atoms with E-state index in [1.165, 1.54) is 65.3 Å². The lowest BCUT2D eigenvalue weighted by atomic mass is 9.33. The Morgan fingerprint density at radius 2 is 0.768 bits per heavy atom. The maximum atomic E-state index is 6.55. The molecule has 0 fully saturated rings. The lowest BCUT2D eigenvalue weighted by molar-refractivity contribution is 0.590. The Morgan fingerprint density at radius 1 is 0.295 bits per heavy atom. The van der Waals surface area contributed by atoms with Gasteiger partial charge in [0.15, 0.2) is 0 Å². The second-order valence-electron chi connectivity index (χ2n) is 27.8. The zero-order valence-corrected chi connectivity index (χ0v) is 54.1. The SMILES string of the molecule is CC(C)(C)c1ccc(N2c3cc(N(c4ccc5ccc6ccccc6c5c4)c4ccc5oc6ccccc6c5c4)ccc3B3c4cc5c6ccccc6n(-c6ccccc6)c5cc4N(c4ccc(C(C)(C)C)cc4)c4cc(N(c5ccccc5)c5ccccc5)cc2c43)cc1. The van der Waals surface area contributed by atoms with Gasteiger partial charge in [0.25, 0.3) is 6.71 Å². The lowest BCUT2D eigenvalue weighted by Gasteiger charge is -2.45. The van der Waals surface area contributed by atoms with Crippen LogP contribution in [0.15, 0.2) is 308 Å². The molecule has 16 aromatic rings. The van der Waals surface area contributed by atoms with Crippen LogP contribution in [0.4, 0.5) is 68.2 Å². The van der Waals surface area contributed by atoms with E-state index in [4.69, 9.17) is 4.42 Å². The van der Waals surface area contributed by atoms with Crippen LogP contribution in [-0.2, 0) is 10.8 Å². The Kier molecular flexibility index (Phi) is 12.7. The van der Waals surface area contributed by atoms with Gasteiger partial charge in [0.1, 0.15) is 11.2 Å². The van der Waals surface area contributed by atoms with E-state index in [0.29, 0.717) is 0 Å². The number of fused-ring (bicyclic) bond motifs is 13. The summed E-state index contributed by atoms with van der Waals surface area (Å²) in [7, 11) is 0. The van der Waals surface area contributed by atoms with Crippen molar-refractivity contribution in [1.29, 1.82) is 0 Å². The fourth-order valence-electron chi connectivity index (χ4n) is 15.4. The maximum absolute atomic E-state index is 6.55. The molecule has 454 valence electrons. The zero-order valence-electron chi connectivity index (χ0n) is 54.1. The predicted octanol–water partition coefficient (Wildman–Crippen LogP) is 22.6. The second-order valence-corrected chi connectivity index (χ2v) is 27.8. The van der Waals surface area contributed by atoms with Crippen molar-refractivity contribution >= 4 is 157 Å². The van der Waals surface area contributed by atoms with Crippen molar-refractivity contribution in [1.82, 2.24) is 4.57 Å². The molecule has 0 amide bonds. The van der Waals surface area contributed by atoms with E-state index in [1.54, 1.807) is 0 Å². The van der Waals surface area contributed by atoms with Crippen molar-refractivity contribution in [3.63, 3.8) is 0 Å². The van der Waals surface area contributed by atoms with Crippen molar-refractivity contribution < 1.29 is 4.42 Å². The number of benzene rings is 14. The van der Waals surface area contributed by atoms with Crippen molar-refractivity contribution in [3.05, 3.63) is 314 Å². The number of nitrogens with zero attached hydrogens (tertiary/aromatic N) is 5. The number of aromatic nitrogens is 1. The van der Waals surface area contributed by atoms with Crippen molar-refractivity contribution in [2.45, 2.75) is 52.4 Å². The summed E-state index contributed by atoms with van der Waals surface area (Å²) in [6, 6.07) is 113. The molecule has 14 aromatic carbocycles. The summed E-state index contributed by atoms with van der Waals surface area (Å²) in [6.07, 6.45) is 0. The number of furan rings is 1. The van der Waals surface area contributed by atoms with Crippen LogP contribution in [0.5, 0.6) is 0 Å². The van der Waals surface area contributed by atoms with E-state index in [0.717, 1.165) is 101 Å². The van der Waals surface area contributed by atoms with Crippen LogP contribution in [0.25, 0.3) is 71.0 Å². The Bertz CT molecular complexity index is 5670. The normalized spacial score (nSPS) is 12.9. The Morgan fingerprint density at radius 3 is 1.41 bits per heavy atom. The Labute approximate surface area is 554 Å². The fourth-order valence-corrected chi connectivity index (χ4v) is 15.4. The topological polar surface area (TPSA) is 31.0 Å². The van der Waals surface area contributed by atoms with E-state index in [9.17, 15) is 0 Å². The van der Waals surface area contributed by atoms with Crippen LogP contribution in [0, 0.1) is 0 Å². The van der Waals surface area contributed by atoms with Gasteiger partial charge in [0, 0.05) is 89.8 Å². The van der Waals surface area contributed by atoms with Gasteiger partial charge in [-0.1, -0.05) is 211 Å². The molecule has 2 aromatic heterocycles. The third kappa shape index (κ3) is 9.16. The number of hydrogen-bond donors (Lipinski definition) is 0. The molecule has 0 saturated heterocycles. The highest BCUT2D eigenvalue weighted by atomic mass is 16.3. The first-order valence-electron chi connectivity index (χ1n) is 33.2. The van der Waals surface area contributed by atoms with Crippen LogP contribution in [0.1, 0.15) is 52.7 Å². The molecule has 2 aliphatic heterocycles. The van der Waals surface area contributed by atoms with Gasteiger partial charge in [-0.3, -0.25) is 0 Å². The standard InChI is InChI=1S/C88H68BN5O/c1-87(2,3)59-37-42-64(43-38-59)93-80-52-68(91(67-47-49-85-75(51-67)72-31-19-21-33-84(72)95-85)66-41-36-58-35-34-57-22-16-17-29-70(57)73(58)50-66)46-48-76(80)89-77-55-74-71-30-18-20-32-78(71)92(63-27-14-9-15-28-63)79(74)56-81(77)94(65-44-39-60(40-45-65)88(4,5)6)83-54-69(53-82(93)86(83)89)90(61-23-10-7-11-24-61)62-25-12-8-13-26-62/h7-56H,1-6H3. The first-order valence-corrected chi connectivity index (χ1v) is 33.2. The Hall–Kier alpha value is -11.5. The minimum Gasteiger partial charge on any atom is -0.456 e. The minimum atomic E-state index is -0.220. The van der Waals surface area contributed by atoms with Gasteiger partial charge in [-0.05, 0) is 193 Å². The van der Waals surface area contributed by atoms with Crippen LogP contribution in [0.3, 0.4) is 0 Å². The first-order chi connectivity index (χ1) is 46.4. The summed E-state index contributed by atoms with van der Waals surface area (Å²) < 4.78 is 9.02. The fraction of sp³-hybridized carbons (Fsp3) is 0.0909. The largest absolute Gasteiger partial charge is 0.456 e. The second kappa shape index (κ2) is 21.5. The number of hydrogen-bond acceptors (Lipinski definition) is 5. The summed E-state index contributed by atoms with van der Waals surface area (Å²) in [5.41, 5.74) is 24.2. The third-order valence-electron chi connectivity index (χ3n) is 20.0. The van der Waals surface area contributed by atoms with Gasteiger partial charge in [-0.2, -0.15) is 0 Å². The molecule has 18 rings (SSSR count). The van der Waals surface area contributed by atoms with Gasteiger partial charge in [0.05, 0.1) is 16.7 Å². The molecular weight excluding hydrogens is 1150 g/mol. The summed E-state index contributed by atoms with van der Waals surface area (Å²) in [5.74, 6) is 0. The van der Waals surface area contributed by atoms with Crippen LogP contribution in [-0.4, -0.2) is 11.3 Å². The molecular formula is C88H68BN5O. The number of para-hydroxylation sites is 5. The molecule has 0 radical (unpaired) electrons. The first kappa shape index (κ1) is 56.2. The Balaban J connectivity index is 0.969. The van der Waals surface area contributed by atoms with Gasteiger partial charge >= 0.3 is 0 Å². The van der Waals surface area contributed by atoms with E-state index in [2.05, 4.69) is 369 Å². The smallest absolute Gasteiger partial charge is 0.252 e. The zero-order chi connectivity index (χ0) is 63.8. The maximum Gasteiger partial charge on any atom is 0.252 e. The van der Waals surface area contributed by atoms with E-state index in [-0.39, 0.29) is 17.5 Å². The van der Waals surface area contributed by atoms with Gasteiger partial charge in [-0.15, -0.1) is 0 Å². The highest BCUT2D eigenvalue weighted by Crippen LogP contribution is 2.51. The van der Waals surface area contributed by atoms with Crippen molar-refractivity contribution in [2.24, 2.45) is 0 Å². The molecule has 2 aliphatic rings. The average Bonchev–Trinajstić information content (AvgIpc) is 1.55. The minimum absolute atomic E-state index is 0.0542. The lowest BCUT2D eigenvalue weighted by Crippen LogP contribution is -2.61. The van der Waals surface area contributed by atoms with Crippen molar-refractivity contribution in [2.75, 3.05) is 19.6 Å². The monoisotopic (exact) mass is 1220 g/mol. The molecule has 95 heavy (non-hydrogen) atoms. The molecule has 0 atom stereocenters. The van der Waals surface area contributed by atoms with Crippen LogP contribution < -0.4 is 36.0 Å². The molecule has 0 aliphatic carbocycles. The summed E-state index contributed by atoms with van der Waals surface area (Å²) >= 11 is 0. The average molecular weight is 1220 g/mol. The van der Waals surface area contributed by atoms with Crippen LogP contribution >= 0.6 is 0 Å². The molecule has 0 bridgehead atoms. The van der Waals surface area contributed by atoms with E-state index >= 15 is 0 Å². The molecule has 0 unspecified atom stereocenters. The van der Waals surface area contributed by atoms with Gasteiger partial charge in [0.2, 0.25) is 0 Å². The molecule has 4 heterocycles. The van der Waals surface area contributed by atoms with E-state index in [1.807, 2.05) is 0 Å². The highest BCUT2D eigenvalue weighted by Gasteiger charge is 2.45. The highest BCUT2D eigenvalue weighted by molar-refractivity contribution is 7.00. The molecule has 0 N–H and O–H groups in total.